The number of nitrogens with zero attached hydrogens (tertiary/aromatic N) is 2. The Kier molecular flexibility index (Phi) is 2.87. The van der Waals surface area contributed by atoms with E-state index < -0.39 is 22.5 Å². The lowest BCUT2D eigenvalue weighted by molar-refractivity contribution is -0.116. The summed E-state index contributed by atoms with van der Waals surface area (Å²) in [4.78, 5) is 10.4. The molecule has 1 aromatic heterocycles. The molecule has 0 atom stereocenters. The molecular formula is C6H10N4O3S. The van der Waals surface area contributed by atoms with Crippen LogP contribution in [-0.4, -0.2) is 30.7 Å². The topological polar surface area (TPSA) is 107 Å². The summed E-state index contributed by atoms with van der Waals surface area (Å²) in [6.07, 6.45) is 1.35. The molecule has 1 heterocycles. The molecule has 78 valence electrons. The van der Waals surface area contributed by atoms with Gasteiger partial charge >= 0.3 is 0 Å². The number of rotatable bonds is 4. The average Bonchev–Trinajstić information content (AvgIpc) is 2.48. The highest BCUT2D eigenvalue weighted by atomic mass is 32.2. The molecule has 0 radical (unpaired) electrons. The molecule has 0 saturated heterocycles. The van der Waals surface area contributed by atoms with E-state index in [1.165, 1.54) is 24.0 Å². The van der Waals surface area contributed by atoms with Gasteiger partial charge in [0.05, 0.1) is 12.7 Å². The normalized spacial score (nSPS) is 11.5. The predicted octanol–water partition coefficient (Wildman–Crippen LogP) is -1.82. The Balaban J connectivity index is 2.87. The van der Waals surface area contributed by atoms with Crippen molar-refractivity contribution in [2.75, 3.05) is 6.54 Å². The highest BCUT2D eigenvalue weighted by Gasteiger charge is 2.17. The number of hydrogen-bond donors (Lipinski definition) is 2. The third kappa shape index (κ3) is 2.30. The fourth-order valence-corrected chi connectivity index (χ4v) is 1.98. The van der Waals surface area contributed by atoms with Gasteiger partial charge in [-0.25, -0.2) is 13.1 Å². The van der Waals surface area contributed by atoms with Crippen LogP contribution < -0.4 is 10.5 Å². The van der Waals surface area contributed by atoms with E-state index >= 15 is 0 Å². The van der Waals surface area contributed by atoms with Crippen LogP contribution in [-0.2, 0) is 21.9 Å². The van der Waals surface area contributed by atoms with Crippen LogP contribution >= 0.6 is 0 Å². The van der Waals surface area contributed by atoms with Gasteiger partial charge < -0.3 is 5.73 Å². The first kappa shape index (κ1) is 10.7. The molecule has 8 heteroatoms. The molecule has 0 fully saturated rings. The zero-order valence-electron chi connectivity index (χ0n) is 7.47. The summed E-state index contributed by atoms with van der Waals surface area (Å²) in [5.41, 5.74) is 4.80. The molecule has 1 rings (SSSR count). The van der Waals surface area contributed by atoms with Gasteiger partial charge in [0, 0.05) is 7.05 Å². The molecule has 0 aromatic carbocycles. The van der Waals surface area contributed by atoms with Crippen LogP contribution in [0, 0.1) is 0 Å². The van der Waals surface area contributed by atoms with E-state index in [0.717, 1.165) is 0 Å². The zero-order chi connectivity index (χ0) is 10.8. The van der Waals surface area contributed by atoms with Crippen molar-refractivity contribution in [3.63, 3.8) is 0 Å². The Morgan fingerprint density at radius 3 is 2.79 bits per heavy atom. The maximum atomic E-state index is 11.4. The van der Waals surface area contributed by atoms with Crippen molar-refractivity contribution in [2.45, 2.75) is 5.03 Å². The summed E-state index contributed by atoms with van der Waals surface area (Å²) in [7, 11) is -2.21. The fraction of sp³-hybridized carbons (Fsp3) is 0.333. The molecular weight excluding hydrogens is 208 g/mol. The second-order valence-electron chi connectivity index (χ2n) is 2.58. The van der Waals surface area contributed by atoms with Crippen LogP contribution in [0.15, 0.2) is 17.3 Å². The Labute approximate surface area is 80.9 Å². The Morgan fingerprint density at radius 1 is 1.71 bits per heavy atom. The first-order valence-corrected chi connectivity index (χ1v) is 5.18. The van der Waals surface area contributed by atoms with Crippen molar-refractivity contribution in [3.05, 3.63) is 12.3 Å². The smallest absolute Gasteiger partial charge is 0.258 e. The Bertz CT molecular complexity index is 436. The minimum Gasteiger partial charge on any atom is -0.369 e. The molecule has 0 aliphatic heterocycles. The first-order valence-electron chi connectivity index (χ1n) is 3.69. The van der Waals surface area contributed by atoms with E-state index in [1.54, 1.807) is 0 Å². The van der Waals surface area contributed by atoms with Crippen molar-refractivity contribution in [3.8, 4) is 0 Å². The summed E-state index contributed by atoms with van der Waals surface area (Å²) < 4.78 is 26.1. The second-order valence-corrected chi connectivity index (χ2v) is 4.30. The van der Waals surface area contributed by atoms with E-state index in [4.69, 9.17) is 5.73 Å². The number of nitrogens with two attached hydrogens (primary N) is 1. The summed E-state index contributed by atoms with van der Waals surface area (Å²) in [6, 6.07) is 1.32. The van der Waals surface area contributed by atoms with Crippen molar-refractivity contribution in [1.29, 1.82) is 0 Å². The van der Waals surface area contributed by atoms with Crippen LogP contribution in [0.5, 0.6) is 0 Å². The lowest BCUT2D eigenvalue weighted by Crippen LogP contribution is -2.34. The van der Waals surface area contributed by atoms with E-state index in [1.807, 2.05) is 4.72 Å². The van der Waals surface area contributed by atoms with Gasteiger partial charge in [0.25, 0.3) is 10.0 Å². The standard InChI is InChI=1S/C6H10N4O3S/c1-10-6(2-3-8-10)14(12,13)9-4-5(7)11/h2-3,9H,4H2,1H3,(H2,7,11). The van der Waals surface area contributed by atoms with Crippen molar-refractivity contribution in [1.82, 2.24) is 14.5 Å². The highest BCUT2D eigenvalue weighted by Crippen LogP contribution is 2.04. The molecule has 1 aromatic rings. The van der Waals surface area contributed by atoms with Crippen molar-refractivity contribution >= 4 is 15.9 Å². The minimum atomic E-state index is -3.69. The number of carbonyl (C=O) groups is 1. The van der Waals surface area contributed by atoms with Crippen LogP contribution in [0.4, 0.5) is 0 Å². The Morgan fingerprint density at radius 2 is 2.36 bits per heavy atom. The van der Waals surface area contributed by atoms with Gasteiger partial charge in [-0.15, -0.1) is 0 Å². The van der Waals surface area contributed by atoms with Crippen molar-refractivity contribution in [2.24, 2.45) is 12.8 Å². The molecule has 3 N–H and O–H groups in total. The molecule has 0 spiro atoms. The van der Waals surface area contributed by atoms with Gasteiger partial charge in [0.1, 0.15) is 0 Å². The van der Waals surface area contributed by atoms with Gasteiger partial charge in [0.15, 0.2) is 5.03 Å². The van der Waals surface area contributed by atoms with Crippen LogP contribution in [0.2, 0.25) is 0 Å². The van der Waals surface area contributed by atoms with Crippen LogP contribution in [0.3, 0.4) is 0 Å². The van der Waals surface area contributed by atoms with E-state index in [9.17, 15) is 13.2 Å². The van der Waals surface area contributed by atoms with Gasteiger partial charge in [-0.05, 0) is 6.07 Å². The number of sulfonamides is 1. The molecule has 0 bridgehead atoms. The monoisotopic (exact) mass is 218 g/mol. The summed E-state index contributed by atoms with van der Waals surface area (Å²) in [5, 5.41) is 3.68. The molecule has 0 aliphatic rings. The highest BCUT2D eigenvalue weighted by molar-refractivity contribution is 7.89. The zero-order valence-corrected chi connectivity index (χ0v) is 8.28. The molecule has 0 saturated carbocycles. The fourth-order valence-electron chi connectivity index (χ4n) is 0.865. The molecule has 1 amide bonds. The second kappa shape index (κ2) is 3.76. The number of aromatic nitrogens is 2. The molecule has 0 aliphatic carbocycles. The van der Waals surface area contributed by atoms with Gasteiger partial charge in [-0.3, -0.25) is 9.48 Å². The van der Waals surface area contributed by atoms with Crippen molar-refractivity contribution < 1.29 is 13.2 Å². The Hall–Kier alpha value is -1.41. The largest absolute Gasteiger partial charge is 0.369 e. The van der Waals surface area contributed by atoms with Gasteiger partial charge in [-0.1, -0.05) is 0 Å². The molecule has 7 nitrogen and oxygen atoms in total. The average molecular weight is 218 g/mol. The van der Waals surface area contributed by atoms with E-state index in [0.29, 0.717) is 0 Å². The number of amides is 1. The summed E-state index contributed by atoms with van der Waals surface area (Å²) >= 11 is 0. The van der Waals surface area contributed by atoms with Crippen LogP contribution in [0.1, 0.15) is 0 Å². The molecule has 0 unspecified atom stereocenters. The first-order chi connectivity index (χ1) is 6.43. The van der Waals surface area contributed by atoms with Gasteiger partial charge in [0.2, 0.25) is 5.91 Å². The third-order valence-corrected chi connectivity index (χ3v) is 2.96. The third-order valence-electron chi connectivity index (χ3n) is 1.49. The van der Waals surface area contributed by atoms with Gasteiger partial charge in [-0.2, -0.15) is 5.10 Å². The number of aryl methyl sites for hydroxylation is 1. The predicted molar refractivity (Wildman–Crippen MR) is 47.6 cm³/mol. The van der Waals surface area contributed by atoms with E-state index in [-0.39, 0.29) is 5.03 Å². The molecule has 14 heavy (non-hydrogen) atoms. The summed E-state index contributed by atoms with van der Waals surface area (Å²) in [6.45, 7) is -0.423. The maximum absolute atomic E-state index is 11.4. The number of hydrogen-bond acceptors (Lipinski definition) is 4. The number of carbonyl (C=O) groups excluding carboxylic acids is 1. The number of primary amides is 1. The maximum Gasteiger partial charge on any atom is 0.258 e. The lowest BCUT2D eigenvalue weighted by Gasteiger charge is -2.04. The number of nitrogens with one attached hydrogen (secondary N) is 1. The van der Waals surface area contributed by atoms with Crippen LogP contribution in [0.25, 0.3) is 0 Å². The van der Waals surface area contributed by atoms with E-state index in [2.05, 4.69) is 5.10 Å². The quantitative estimate of drug-likeness (QED) is 0.620. The minimum absolute atomic E-state index is 0.0150. The summed E-state index contributed by atoms with van der Waals surface area (Å²) in [5.74, 6) is -0.740. The lowest BCUT2D eigenvalue weighted by atomic mass is 10.7. The SMILES string of the molecule is Cn1nccc1S(=O)(=O)NCC(N)=O.